The zero-order valence-corrected chi connectivity index (χ0v) is 19.0. The number of aryl methyl sites for hydroxylation is 2. The minimum absolute atomic E-state index is 0.257. The van der Waals surface area contributed by atoms with Crippen LogP contribution in [0.1, 0.15) is 27.0 Å². The molecule has 6 heteroatoms. The summed E-state index contributed by atoms with van der Waals surface area (Å²) < 4.78 is 0. The molecule has 1 atom stereocenters. The number of benzene rings is 3. The van der Waals surface area contributed by atoms with Gasteiger partial charge in [-0.25, -0.2) is 0 Å². The van der Waals surface area contributed by atoms with Gasteiger partial charge in [-0.15, -0.1) is 0 Å². The molecule has 0 spiro atoms. The normalized spacial score (nSPS) is 11.5. The van der Waals surface area contributed by atoms with E-state index in [0.717, 1.165) is 27.8 Å². The van der Waals surface area contributed by atoms with Crippen LogP contribution in [0.25, 0.3) is 11.1 Å². The maximum atomic E-state index is 13.2. The van der Waals surface area contributed by atoms with Gasteiger partial charge >= 0.3 is 5.97 Å². The summed E-state index contributed by atoms with van der Waals surface area (Å²) in [6, 6.07) is 22.4. The molecule has 0 aromatic heterocycles. The Balaban J connectivity index is 1.85. The number of carbonyl (C=O) groups excluding carboxylic acids is 2. The molecular formula is C27H28N2O4. The number of carboxylic acids is 1. The molecule has 6 nitrogen and oxygen atoms in total. The highest BCUT2D eigenvalue weighted by Crippen LogP contribution is 2.21. The number of amides is 2. The summed E-state index contributed by atoms with van der Waals surface area (Å²) in [4.78, 5) is 38.4. The predicted molar refractivity (Wildman–Crippen MR) is 128 cm³/mol. The average Bonchev–Trinajstić information content (AvgIpc) is 2.80. The highest BCUT2D eigenvalue weighted by atomic mass is 16.4. The highest BCUT2D eigenvalue weighted by Gasteiger charge is 2.28. The fourth-order valence-electron chi connectivity index (χ4n) is 3.82. The van der Waals surface area contributed by atoms with Gasteiger partial charge in [0, 0.05) is 19.0 Å². The zero-order valence-electron chi connectivity index (χ0n) is 19.0. The first-order valence-corrected chi connectivity index (χ1v) is 10.7. The van der Waals surface area contributed by atoms with Crippen LogP contribution in [-0.2, 0) is 16.0 Å². The van der Waals surface area contributed by atoms with Gasteiger partial charge in [0.2, 0.25) is 5.91 Å². The second-order valence-corrected chi connectivity index (χ2v) is 8.19. The minimum Gasteiger partial charge on any atom is -0.480 e. The Labute approximate surface area is 193 Å². The fraction of sp³-hybridized carbons (Fsp3) is 0.222. The lowest BCUT2D eigenvalue weighted by molar-refractivity contribution is -0.138. The van der Waals surface area contributed by atoms with Gasteiger partial charge in [-0.3, -0.25) is 14.4 Å². The Morgan fingerprint density at radius 1 is 0.879 bits per heavy atom. The van der Waals surface area contributed by atoms with Crippen molar-refractivity contribution in [1.82, 2.24) is 10.2 Å². The van der Waals surface area contributed by atoms with Crippen molar-refractivity contribution in [3.63, 3.8) is 0 Å². The molecule has 3 aromatic carbocycles. The Kier molecular flexibility index (Phi) is 7.61. The van der Waals surface area contributed by atoms with E-state index in [1.54, 1.807) is 19.2 Å². The number of aliphatic carboxylic acids is 1. The molecule has 33 heavy (non-hydrogen) atoms. The summed E-state index contributed by atoms with van der Waals surface area (Å²) in [5.41, 5.74) is 5.40. The van der Waals surface area contributed by atoms with Gasteiger partial charge in [-0.1, -0.05) is 71.8 Å². The van der Waals surface area contributed by atoms with Crippen LogP contribution in [-0.4, -0.2) is 47.4 Å². The van der Waals surface area contributed by atoms with Gasteiger partial charge in [-0.2, -0.15) is 0 Å². The number of nitrogens with one attached hydrogen (secondary N) is 1. The van der Waals surface area contributed by atoms with Crippen LogP contribution in [0.15, 0.2) is 72.8 Å². The van der Waals surface area contributed by atoms with E-state index in [-0.39, 0.29) is 12.3 Å². The molecule has 0 aliphatic rings. The van der Waals surface area contributed by atoms with Crippen LogP contribution in [0, 0.1) is 13.8 Å². The predicted octanol–water partition coefficient (Wildman–Crippen LogP) is 3.85. The van der Waals surface area contributed by atoms with Crippen molar-refractivity contribution in [2.45, 2.75) is 26.3 Å². The number of hydrogen-bond acceptors (Lipinski definition) is 3. The van der Waals surface area contributed by atoms with Crippen molar-refractivity contribution in [3.8, 4) is 11.1 Å². The molecule has 0 saturated heterocycles. The molecule has 0 radical (unpaired) electrons. The molecule has 0 saturated carbocycles. The third-order valence-electron chi connectivity index (χ3n) is 5.46. The summed E-state index contributed by atoms with van der Waals surface area (Å²) in [6.07, 6.45) is 0.257. The van der Waals surface area contributed by atoms with Gasteiger partial charge in [-0.05, 0) is 42.7 Å². The first-order valence-electron chi connectivity index (χ1n) is 10.7. The Bertz CT molecular complexity index is 1120. The van der Waals surface area contributed by atoms with Crippen molar-refractivity contribution in [2.24, 2.45) is 0 Å². The number of carboxylic acid groups (broad SMARTS) is 1. The van der Waals surface area contributed by atoms with Gasteiger partial charge in [0.05, 0.1) is 0 Å². The van der Waals surface area contributed by atoms with Gasteiger partial charge < -0.3 is 15.3 Å². The lowest BCUT2D eigenvalue weighted by atomic mass is 9.99. The topological polar surface area (TPSA) is 86.7 Å². The van der Waals surface area contributed by atoms with Crippen molar-refractivity contribution >= 4 is 17.8 Å². The van der Waals surface area contributed by atoms with Crippen LogP contribution in [0.4, 0.5) is 0 Å². The zero-order chi connectivity index (χ0) is 24.0. The van der Waals surface area contributed by atoms with Gasteiger partial charge in [0.1, 0.15) is 12.6 Å². The highest BCUT2D eigenvalue weighted by molar-refractivity contribution is 5.98. The molecule has 0 fully saturated rings. The third kappa shape index (κ3) is 6.29. The summed E-state index contributed by atoms with van der Waals surface area (Å²) in [7, 11) is 1.57. The van der Waals surface area contributed by atoms with E-state index in [1.165, 1.54) is 4.90 Å². The van der Waals surface area contributed by atoms with E-state index < -0.39 is 24.5 Å². The van der Waals surface area contributed by atoms with Crippen LogP contribution < -0.4 is 5.32 Å². The number of hydrogen-bond donors (Lipinski definition) is 2. The van der Waals surface area contributed by atoms with Crippen molar-refractivity contribution < 1.29 is 19.5 Å². The summed E-state index contributed by atoms with van der Waals surface area (Å²) in [5.74, 6) is -1.94. The van der Waals surface area contributed by atoms with Crippen LogP contribution in [0.3, 0.4) is 0 Å². The van der Waals surface area contributed by atoms with Crippen molar-refractivity contribution in [1.29, 1.82) is 0 Å². The van der Waals surface area contributed by atoms with Gasteiger partial charge in [0.15, 0.2) is 0 Å². The summed E-state index contributed by atoms with van der Waals surface area (Å²) in [5, 5.41) is 11.4. The van der Waals surface area contributed by atoms with Crippen molar-refractivity contribution in [3.05, 3.63) is 95.1 Å². The number of carbonyl (C=O) groups is 3. The molecule has 0 aliphatic carbocycles. The van der Waals surface area contributed by atoms with Crippen LogP contribution in [0.5, 0.6) is 0 Å². The average molecular weight is 445 g/mol. The number of likely N-dealkylation sites (N-methyl/N-ethyl adjacent to an activating group) is 1. The lowest BCUT2D eigenvalue weighted by Gasteiger charge is -2.28. The minimum atomic E-state index is -1.14. The molecule has 2 N–H and O–H groups in total. The quantitative estimate of drug-likeness (QED) is 0.553. The van der Waals surface area contributed by atoms with Crippen LogP contribution >= 0.6 is 0 Å². The summed E-state index contributed by atoms with van der Waals surface area (Å²) in [6.45, 7) is 3.32. The fourth-order valence-corrected chi connectivity index (χ4v) is 3.82. The van der Waals surface area contributed by atoms with Crippen molar-refractivity contribution in [2.75, 3.05) is 13.6 Å². The summed E-state index contributed by atoms with van der Waals surface area (Å²) >= 11 is 0. The molecule has 2 amide bonds. The maximum Gasteiger partial charge on any atom is 0.322 e. The van der Waals surface area contributed by atoms with E-state index in [9.17, 15) is 14.4 Å². The molecule has 170 valence electrons. The van der Waals surface area contributed by atoms with E-state index in [1.807, 2.05) is 74.5 Å². The van der Waals surface area contributed by atoms with E-state index >= 15 is 0 Å². The van der Waals surface area contributed by atoms with E-state index in [4.69, 9.17) is 5.11 Å². The van der Waals surface area contributed by atoms with E-state index in [2.05, 4.69) is 5.32 Å². The number of rotatable bonds is 8. The first kappa shape index (κ1) is 23.7. The molecule has 0 heterocycles. The SMILES string of the molecule is Cc1cc(C)cc(C(=O)N(C)C(Cc2ccc(-c3ccccc3)cc2)C(=O)NCC(=O)O)c1. The maximum absolute atomic E-state index is 13.2. The molecule has 3 aromatic rings. The Morgan fingerprint density at radius 3 is 2.03 bits per heavy atom. The Morgan fingerprint density at radius 2 is 1.45 bits per heavy atom. The Hall–Kier alpha value is -3.93. The van der Waals surface area contributed by atoms with Crippen LogP contribution in [0.2, 0.25) is 0 Å². The van der Waals surface area contributed by atoms with E-state index in [0.29, 0.717) is 5.56 Å². The van der Waals surface area contributed by atoms with Gasteiger partial charge in [0.25, 0.3) is 5.91 Å². The monoisotopic (exact) mass is 444 g/mol. The third-order valence-corrected chi connectivity index (χ3v) is 5.46. The largest absolute Gasteiger partial charge is 0.480 e. The first-order chi connectivity index (χ1) is 15.7. The standard InChI is InChI=1S/C27H28N2O4/c1-18-13-19(2)15-23(14-18)27(33)29(3)24(26(32)28-17-25(30)31)16-20-9-11-22(12-10-20)21-7-5-4-6-8-21/h4-15,24H,16-17H2,1-3H3,(H,28,32)(H,30,31). The second kappa shape index (κ2) is 10.6. The molecule has 0 bridgehead atoms. The molecule has 3 rings (SSSR count). The molecule has 1 unspecified atom stereocenters. The second-order valence-electron chi connectivity index (χ2n) is 8.19. The molecule has 0 aliphatic heterocycles. The smallest absolute Gasteiger partial charge is 0.322 e. The molecular weight excluding hydrogens is 416 g/mol. The lowest BCUT2D eigenvalue weighted by Crippen LogP contribution is -2.49. The number of nitrogens with zero attached hydrogens (tertiary/aromatic N) is 1.